The number of hydrogen-bond acceptors (Lipinski definition) is 5. The third kappa shape index (κ3) is 4.75. The Morgan fingerprint density at radius 1 is 1.38 bits per heavy atom. The van der Waals surface area contributed by atoms with Gasteiger partial charge in [-0.3, -0.25) is 19.7 Å². The minimum Gasteiger partial charge on any atom is -0.496 e. The van der Waals surface area contributed by atoms with Crippen LogP contribution in [-0.4, -0.2) is 36.4 Å². The van der Waals surface area contributed by atoms with Crippen molar-refractivity contribution in [1.82, 2.24) is 10.6 Å². The molecule has 0 saturated heterocycles. The molecule has 2 N–H and O–H groups in total. The van der Waals surface area contributed by atoms with Crippen molar-refractivity contribution < 1.29 is 19.2 Å². The Morgan fingerprint density at radius 3 is 2.57 bits per heavy atom. The first-order valence-electron chi connectivity index (χ1n) is 6.25. The maximum atomic E-state index is 12.0. The van der Waals surface area contributed by atoms with E-state index in [-0.39, 0.29) is 35.5 Å². The lowest BCUT2D eigenvalue weighted by atomic mass is 10.1. The fourth-order valence-corrected chi connectivity index (χ4v) is 1.62. The number of methoxy groups -OCH3 is 1. The van der Waals surface area contributed by atoms with Gasteiger partial charge in [-0.25, -0.2) is 0 Å². The molecule has 1 aromatic carbocycles. The number of non-ortho nitro benzene ring substituents is 1. The van der Waals surface area contributed by atoms with Crippen molar-refractivity contribution in [3.63, 3.8) is 0 Å². The highest BCUT2D eigenvalue weighted by atomic mass is 16.6. The zero-order chi connectivity index (χ0) is 16.0. The number of ether oxygens (including phenoxy) is 1. The molecule has 1 rings (SSSR count). The van der Waals surface area contributed by atoms with E-state index < -0.39 is 10.8 Å². The van der Waals surface area contributed by atoms with Crippen LogP contribution in [0.3, 0.4) is 0 Å². The lowest BCUT2D eigenvalue weighted by molar-refractivity contribution is -0.384. The van der Waals surface area contributed by atoms with Crippen molar-refractivity contribution in [3.05, 3.63) is 33.9 Å². The molecule has 0 atom stereocenters. The Hall–Kier alpha value is -2.64. The number of nitrogens with one attached hydrogen (secondary N) is 2. The minimum atomic E-state index is -0.616. The molecule has 2 amide bonds. The van der Waals surface area contributed by atoms with Crippen LogP contribution in [0.4, 0.5) is 5.69 Å². The average molecular weight is 295 g/mol. The van der Waals surface area contributed by atoms with Gasteiger partial charge >= 0.3 is 0 Å². The molecule has 0 unspecified atom stereocenters. The van der Waals surface area contributed by atoms with Crippen molar-refractivity contribution in [2.75, 3.05) is 13.7 Å². The molecule has 8 nitrogen and oxygen atoms in total. The van der Waals surface area contributed by atoms with Gasteiger partial charge in [0, 0.05) is 18.2 Å². The molecule has 0 aliphatic rings. The second-order valence-electron chi connectivity index (χ2n) is 4.55. The van der Waals surface area contributed by atoms with Crippen LogP contribution in [0.5, 0.6) is 5.75 Å². The van der Waals surface area contributed by atoms with Crippen molar-refractivity contribution in [2.24, 2.45) is 0 Å². The first-order valence-corrected chi connectivity index (χ1v) is 6.25. The van der Waals surface area contributed by atoms with E-state index in [1.165, 1.54) is 19.2 Å². The number of nitro benzene ring substituents is 1. The van der Waals surface area contributed by atoms with Crippen molar-refractivity contribution in [1.29, 1.82) is 0 Å². The van der Waals surface area contributed by atoms with E-state index in [0.29, 0.717) is 0 Å². The summed E-state index contributed by atoms with van der Waals surface area (Å²) in [5.41, 5.74) is -0.225. The van der Waals surface area contributed by atoms with Gasteiger partial charge in [-0.2, -0.15) is 0 Å². The zero-order valence-corrected chi connectivity index (χ0v) is 12.0. The van der Waals surface area contributed by atoms with Gasteiger partial charge in [-0.1, -0.05) is 0 Å². The largest absolute Gasteiger partial charge is 0.496 e. The van der Waals surface area contributed by atoms with Gasteiger partial charge in [-0.05, 0) is 19.9 Å². The van der Waals surface area contributed by atoms with E-state index in [2.05, 4.69) is 10.6 Å². The summed E-state index contributed by atoms with van der Waals surface area (Å²) in [6.07, 6.45) is 0. The summed E-state index contributed by atoms with van der Waals surface area (Å²) in [6, 6.07) is 3.64. The smallest absolute Gasteiger partial charge is 0.270 e. The Kier molecular flexibility index (Phi) is 5.65. The highest BCUT2D eigenvalue weighted by Gasteiger charge is 2.18. The highest BCUT2D eigenvalue weighted by molar-refractivity contribution is 5.99. The molecule has 0 aliphatic heterocycles. The molecule has 0 radical (unpaired) electrons. The number of nitrogens with zero attached hydrogens (tertiary/aromatic N) is 1. The summed E-state index contributed by atoms with van der Waals surface area (Å²) in [7, 11) is 1.35. The molecule has 0 saturated carbocycles. The van der Waals surface area contributed by atoms with Crippen LogP contribution in [-0.2, 0) is 4.79 Å². The van der Waals surface area contributed by atoms with E-state index >= 15 is 0 Å². The van der Waals surface area contributed by atoms with Gasteiger partial charge in [0.05, 0.1) is 24.1 Å². The Bertz CT molecular complexity index is 557. The summed E-state index contributed by atoms with van der Waals surface area (Å²) < 4.78 is 4.99. The lowest BCUT2D eigenvalue weighted by Gasteiger charge is -2.11. The SMILES string of the molecule is COc1ccc([N+](=O)[O-])cc1C(=O)NCC(=O)NC(C)C. The molecule has 0 bridgehead atoms. The van der Waals surface area contributed by atoms with Gasteiger partial charge in [0.25, 0.3) is 11.6 Å². The molecule has 1 aromatic rings. The van der Waals surface area contributed by atoms with Crippen LogP contribution in [0, 0.1) is 10.1 Å². The van der Waals surface area contributed by atoms with Crippen molar-refractivity contribution in [3.8, 4) is 5.75 Å². The van der Waals surface area contributed by atoms with Gasteiger partial charge in [0.15, 0.2) is 0 Å². The van der Waals surface area contributed by atoms with Crippen molar-refractivity contribution in [2.45, 2.75) is 19.9 Å². The molecular weight excluding hydrogens is 278 g/mol. The van der Waals surface area contributed by atoms with E-state index in [1.54, 1.807) is 13.8 Å². The number of rotatable bonds is 6. The molecule has 8 heteroatoms. The van der Waals surface area contributed by atoms with Gasteiger partial charge < -0.3 is 15.4 Å². The summed E-state index contributed by atoms with van der Waals surface area (Å²) in [4.78, 5) is 33.6. The van der Waals surface area contributed by atoms with E-state index in [1.807, 2.05) is 0 Å². The van der Waals surface area contributed by atoms with E-state index in [4.69, 9.17) is 4.74 Å². The van der Waals surface area contributed by atoms with Crippen LogP contribution < -0.4 is 15.4 Å². The molecule has 0 fully saturated rings. The molecule has 21 heavy (non-hydrogen) atoms. The predicted octanol–water partition coefficient (Wildman–Crippen LogP) is 0.858. The van der Waals surface area contributed by atoms with Gasteiger partial charge in [-0.15, -0.1) is 0 Å². The number of carbonyl (C=O) groups is 2. The summed E-state index contributed by atoms with van der Waals surface area (Å²) in [6.45, 7) is 3.37. The quantitative estimate of drug-likeness (QED) is 0.597. The van der Waals surface area contributed by atoms with Gasteiger partial charge in [0.1, 0.15) is 5.75 Å². The second-order valence-corrected chi connectivity index (χ2v) is 4.55. The topological polar surface area (TPSA) is 111 Å². The predicted molar refractivity (Wildman–Crippen MR) is 75.3 cm³/mol. The number of carbonyl (C=O) groups excluding carboxylic acids is 2. The molecule has 0 aromatic heterocycles. The van der Waals surface area contributed by atoms with Crippen LogP contribution >= 0.6 is 0 Å². The summed E-state index contributed by atoms with van der Waals surface area (Å²) >= 11 is 0. The van der Waals surface area contributed by atoms with Gasteiger partial charge in [0.2, 0.25) is 5.91 Å². The summed E-state index contributed by atoms with van der Waals surface area (Å²) in [5.74, 6) is -0.764. The maximum absolute atomic E-state index is 12.0. The third-order valence-electron chi connectivity index (χ3n) is 2.50. The number of hydrogen-bond donors (Lipinski definition) is 2. The molecule has 114 valence electrons. The second kappa shape index (κ2) is 7.22. The molecule has 0 aliphatic carbocycles. The lowest BCUT2D eigenvalue weighted by Crippen LogP contribution is -2.39. The number of nitro groups is 1. The minimum absolute atomic E-state index is 0.00375. The van der Waals surface area contributed by atoms with E-state index in [9.17, 15) is 19.7 Å². The Labute approximate surface area is 121 Å². The first-order chi connectivity index (χ1) is 9.85. The Morgan fingerprint density at radius 2 is 2.05 bits per heavy atom. The highest BCUT2D eigenvalue weighted by Crippen LogP contribution is 2.23. The zero-order valence-electron chi connectivity index (χ0n) is 12.0. The normalized spacial score (nSPS) is 10.1. The molecular formula is C13H17N3O5. The monoisotopic (exact) mass is 295 g/mol. The van der Waals surface area contributed by atoms with E-state index in [0.717, 1.165) is 6.07 Å². The summed E-state index contributed by atoms with van der Waals surface area (Å²) in [5, 5.41) is 15.7. The van der Waals surface area contributed by atoms with Crippen LogP contribution in [0.1, 0.15) is 24.2 Å². The third-order valence-corrected chi connectivity index (χ3v) is 2.50. The standard InChI is InChI=1S/C13H17N3O5/c1-8(2)15-12(17)7-14-13(18)10-6-9(16(19)20)4-5-11(10)21-3/h4-6,8H,7H2,1-3H3,(H,14,18)(H,15,17). The van der Waals surface area contributed by atoms with Crippen LogP contribution in [0.25, 0.3) is 0 Å². The average Bonchev–Trinajstić information content (AvgIpc) is 2.43. The number of amides is 2. The molecule has 0 spiro atoms. The van der Waals surface area contributed by atoms with Crippen molar-refractivity contribution >= 4 is 17.5 Å². The molecule has 0 heterocycles. The van der Waals surface area contributed by atoms with Crippen LogP contribution in [0.15, 0.2) is 18.2 Å². The Balaban J connectivity index is 2.83. The fraction of sp³-hybridized carbons (Fsp3) is 0.385. The fourth-order valence-electron chi connectivity index (χ4n) is 1.62. The number of benzene rings is 1. The van der Waals surface area contributed by atoms with Crippen LogP contribution in [0.2, 0.25) is 0 Å². The maximum Gasteiger partial charge on any atom is 0.270 e. The first kappa shape index (κ1) is 16.4.